The van der Waals surface area contributed by atoms with Gasteiger partial charge in [0.05, 0.1) is 6.21 Å². The fourth-order valence-corrected chi connectivity index (χ4v) is 1.06. The maximum Gasteiger partial charge on any atom is 0.149 e. The van der Waals surface area contributed by atoms with Crippen LogP contribution in [0, 0.1) is 0 Å². The molecule has 0 aliphatic rings. The summed E-state index contributed by atoms with van der Waals surface area (Å²) in [5, 5.41) is 0. The maximum absolute atomic E-state index is 13.6. The van der Waals surface area contributed by atoms with Crippen molar-refractivity contribution in [1.82, 2.24) is 0 Å². The molecule has 0 bridgehead atoms. The quantitative estimate of drug-likeness (QED) is 0.461. The lowest BCUT2D eigenvalue weighted by atomic mass is 10.0. The van der Waals surface area contributed by atoms with Gasteiger partial charge in [0.2, 0.25) is 0 Å². The summed E-state index contributed by atoms with van der Waals surface area (Å²) in [4.78, 5) is 3.62. The molecule has 0 heterocycles. The highest BCUT2D eigenvalue weighted by atomic mass is 19.1. The van der Waals surface area contributed by atoms with Crippen LogP contribution in [0.3, 0.4) is 0 Å². The van der Waals surface area contributed by atoms with E-state index in [9.17, 15) is 4.39 Å². The van der Waals surface area contributed by atoms with Crippen molar-refractivity contribution in [3.05, 3.63) is 60.6 Å². The first-order chi connectivity index (χ1) is 8.21. The van der Waals surface area contributed by atoms with Gasteiger partial charge in [-0.15, -0.1) is 0 Å². The Morgan fingerprint density at radius 1 is 1.18 bits per heavy atom. The van der Waals surface area contributed by atoms with Gasteiger partial charge in [0.1, 0.15) is 5.83 Å². The number of allylic oxidation sites excluding steroid dienone is 7. The third-order valence-electron chi connectivity index (χ3n) is 1.72. The van der Waals surface area contributed by atoms with Gasteiger partial charge in [-0.05, 0) is 19.4 Å². The molecule has 0 saturated heterocycles. The molecule has 0 aromatic rings. The smallest absolute Gasteiger partial charge is 0.149 e. The Balaban J connectivity index is 0. The lowest BCUT2D eigenvalue weighted by Crippen LogP contribution is -1.89. The van der Waals surface area contributed by atoms with Gasteiger partial charge in [-0.2, -0.15) is 0 Å². The van der Waals surface area contributed by atoms with Crippen molar-refractivity contribution in [3.63, 3.8) is 0 Å². The van der Waals surface area contributed by atoms with Crippen molar-refractivity contribution in [1.29, 1.82) is 0 Å². The Hall–Kier alpha value is -1.70. The molecule has 0 aromatic heterocycles. The van der Waals surface area contributed by atoms with Crippen LogP contribution in [0.4, 0.5) is 4.39 Å². The molecule has 17 heavy (non-hydrogen) atoms. The van der Waals surface area contributed by atoms with E-state index in [1.807, 2.05) is 45.9 Å². The molecule has 0 N–H and O–H groups in total. The van der Waals surface area contributed by atoms with Crippen LogP contribution in [0.5, 0.6) is 0 Å². The van der Waals surface area contributed by atoms with Crippen LogP contribution in [-0.2, 0) is 0 Å². The summed E-state index contributed by atoms with van der Waals surface area (Å²) in [6.07, 6.45) is 9.36. The summed E-state index contributed by atoms with van der Waals surface area (Å²) < 4.78 is 13.6. The second-order valence-electron chi connectivity index (χ2n) is 2.67. The minimum Gasteiger partial charge on any atom is -0.262 e. The van der Waals surface area contributed by atoms with E-state index in [0.29, 0.717) is 5.57 Å². The van der Waals surface area contributed by atoms with Gasteiger partial charge in [-0.1, -0.05) is 51.3 Å². The highest BCUT2D eigenvalue weighted by molar-refractivity contribution is 5.80. The SMILES string of the molecule is C=CN=C/C(F)=C(C=C)/C(/C=C\C)=C/C.CC. The average Bonchev–Trinajstić information content (AvgIpc) is 2.38. The van der Waals surface area contributed by atoms with Gasteiger partial charge in [0.15, 0.2) is 0 Å². The minimum atomic E-state index is -0.420. The van der Waals surface area contributed by atoms with E-state index in [1.54, 1.807) is 0 Å². The fourth-order valence-electron chi connectivity index (χ4n) is 1.06. The Morgan fingerprint density at radius 3 is 2.12 bits per heavy atom. The molecule has 94 valence electrons. The van der Waals surface area contributed by atoms with Crippen molar-refractivity contribution in [3.8, 4) is 0 Å². The van der Waals surface area contributed by atoms with Gasteiger partial charge < -0.3 is 0 Å². The van der Waals surface area contributed by atoms with Crippen molar-refractivity contribution in [2.75, 3.05) is 0 Å². The van der Waals surface area contributed by atoms with Crippen molar-refractivity contribution in [2.24, 2.45) is 4.99 Å². The molecule has 0 rings (SSSR count). The van der Waals surface area contributed by atoms with E-state index in [2.05, 4.69) is 18.2 Å². The predicted octanol–water partition coefficient (Wildman–Crippen LogP) is 5.16. The third-order valence-corrected chi connectivity index (χ3v) is 1.72. The summed E-state index contributed by atoms with van der Waals surface area (Å²) in [5.41, 5.74) is 1.21. The topological polar surface area (TPSA) is 12.4 Å². The Labute approximate surface area is 104 Å². The first-order valence-electron chi connectivity index (χ1n) is 5.66. The molecule has 0 atom stereocenters. The molecule has 0 aromatic carbocycles. The lowest BCUT2D eigenvalue weighted by Gasteiger charge is -2.02. The van der Waals surface area contributed by atoms with Crippen molar-refractivity contribution < 1.29 is 4.39 Å². The molecule has 1 nitrogen and oxygen atoms in total. The molecule has 0 unspecified atom stereocenters. The van der Waals surface area contributed by atoms with E-state index in [0.717, 1.165) is 11.8 Å². The van der Waals surface area contributed by atoms with Gasteiger partial charge in [-0.25, -0.2) is 4.39 Å². The number of aliphatic imine (C=N–C) groups is 1. The van der Waals surface area contributed by atoms with Crippen LogP contribution < -0.4 is 0 Å². The molecule has 0 saturated carbocycles. The highest BCUT2D eigenvalue weighted by Gasteiger charge is 2.03. The van der Waals surface area contributed by atoms with Crippen LogP contribution >= 0.6 is 0 Å². The van der Waals surface area contributed by atoms with Crippen LogP contribution in [0.2, 0.25) is 0 Å². The van der Waals surface area contributed by atoms with Gasteiger partial charge in [-0.3, -0.25) is 4.99 Å². The number of nitrogens with zero attached hydrogens (tertiary/aromatic N) is 1. The van der Waals surface area contributed by atoms with E-state index >= 15 is 0 Å². The second-order valence-corrected chi connectivity index (χ2v) is 2.67. The molecule has 0 aliphatic carbocycles. The number of halogens is 1. The lowest BCUT2D eigenvalue weighted by molar-refractivity contribution is 0.680. The summed E-state index contributed by atoms with van der Waals surface area (Å²) in [6.45, 7) is 14.7. The van der Waals surface area contributed by atoms with Gasteiger partial charge in [0, 0.05) is 11.8 Å². The monoisotopic (exact) mass is 235 g/mol. The van der Waals surface area contributed by atoms with Crippen molar-refractivity contribution in [2.45, 2.75) is 27.7 Å². The summed E-state index contributed by atoms with van der Waals surface area (Å²) in [6, 6.07) is 0. The Morgan fingerprint density at radius 2 is 1.76 bits per heavy atom. The van der Waals surface area contributed by atoms with Gasteiger partial charge in [0.25, 0.3) is 0 Å². The first-order valence-corrected chi connectivity index (χ1v) is 5.66. The average molecular weight is 235 g/mol. The summed E-state index contributed by atoms with van der Waals surface area (Å²) >= 11 is 0. The number of hydrogen-bond acceptors (Lipinski definition) is 1. The molecular weight excluding hydrogens is 213 g/mol. The molecule has 0 spiro atoms. The van der Waals surface area contributed by atoms with Crippen LogP contribution in [-0.4, -0.2) is 6.21 Å². The zero-order chi connectivity index (χ0) is 13.7. The zero-order valence-electron chi connectivity index (χ0n) is 11.2. The molecule has 0 fully saturated rings. The van der Waals surface area contributed by atoms with E-state index in [4.69, 9.17) is 0 Å². The molecule has 2 heteroatoms. The Bertz CT molecular complexity index is 344. The predicted molar refractivity (Wildman–Crippen MR) is 76.9 cm³/mol. The maximum atomic E-state index is 13.6. The van der Waals surface area contributed by atoms with E-state index in [-0.39, 0.29) is 0 Å². The third kappa shape index (κ3) is 7.23. The Kier molecular flexibility index (Phi) is 12.9. The van der Waals surface area contributed by atoms with Crippen LogP contribution in [0.25, 0.3) is 0 Å². The number of rotatable bonds is 5. The first kappa shape index (κ1) is 17.7. The van der Waals surface area contributed by atoms with Crippen molar-refractivity contribution >= 4 is 6.21 Å². The fraction of sp³-hybridized carbons (Fsp3) is 0.267. The molecular formula is C15H22FN. The standard InChI is InChI=1S/C13H16FN.C2H6/c1-5-9-11(6-2)12(7-3)13(14)10-15-8-4;1-2/h5-10H,3-4H2,1-2H3;1-2H3/b9-5-,11-6+,13-12-,15-10?;. The summed E-state index contributed by atoms with van der Waals surface area (Å²) in [5.74, 6) is -0.420. The molecule has 0 aliphatic heterocycles. The zero-order valence-corrected chi connectivity index (χ0v) is 11.2. The molecule has 0 amide bonds. The van der Waals surface area contributed by atoms with E-state index in [1.165, 1.54) is 12.3 Å². The summed E-state index contributed by atoms with van der Waals surface area (Å²) in [7, 11) is 0. The highest BCUT2D eigenvalue weighted by Crippen LogP contribution is 2.17. The normalized spacial score (nSPS) is 13.1. The number of hydrogen-bond donors (Lipinski definition) is 0. The van der Waals surface area contributed by atoms with Crippen LogP contribution in [0.15, 0.2) is 65.6 Å². The molecule has 0 radical (unpaired) electrons. The minimum absolute atomic E-state index is 0.420. The second kappa shape index (κ2) is 12.4. The van der Waals surface area contributed by atoms with E-state index < -0.39 is 5.83 Å². The van der Waals surface area contributed by atoms with Crippen LogP contribution in [0.1, 0.15) is 27.7 Å². The largest absolute Gasteiger partial charge is 0.262 e. The van der Waals surface area contributed by atoms with Gasteiger partial charge >= 0.3 is 0 Å².